The Labute approximate surface area is 249 Å². The summed E-state index contributed by atoms with van der Waals surface area (Å²) in [5.74, 6) is 0.927. The zero-order chi connectivity index (χ0) is 28.8. The molecule has 1 N–H and O–H groups in total. The number of hydrogen-bond donors (Lipinski definition) is 1. The molecule has 2 aliphatic heterocycles. The largest absolute Gasteiger partial charge is 0.485 e. The molecule has 0 bridgehead atoms. The molecule has 1 aromatic heterocycles. The average molecular weight is 567 g/mol. The number of aryl methyl sites for hydroxylation is 1. The Kier molecular flexibility index (Phi) is 7.21. The van der Waals surface area contributed by atoms with E-state index in [0.29, 0.717) is 17.3 Å². The predicted octanol–water partition coefficient (Wildman–Crippen LogP) is 7.56. The van der Waals surface area contributed by atoms with Crippen molar-refractivity contribution >= 4 is 5.97 Å². The molecule has 220 valence electrons. The first kappa shape index (κ1) is 27.5. The lowest BCUT2D eigenvalue weighted by Gasteiger charge is -2.37. The molecule has 0 amide bonds. The van der Waals surface area contributed by atoms with E-state index in [1.165, 1.54) is 54.4 Å². The summed E-state index contributed by atoms with van der Waals surface area (Å²) in [7, 11) is 1.66. The molecule has 42 heavy (non-hydrogen) atoms. The maximum atomic E-state index is 11.9. The normalized spacial score (nSPS) is 22.6. The van der Waals surface area contributed by atoms with Crippen molar-refractivity contribution in [3.63, 3.8) is 0 Å². The highest BCUT2D eigenvalue weighted by atomic mass is 16.5. The van der Waals surface area contributed by atoms with E-state index < -0.39 is 11.9 Å². The molecular formula is C36H42N2O4. The molecule has 2 unspecified atom stereocenters. The molecule has 6 nitrogen and oxygen atoms in total. The molecule has 3 fully saturated rings. The Hall–Kier alpha value is -3.38. The van der Waals surface area contributed by atoms with Gasteiger partial charge in [-0.25, -0.2) is 4.98 Å². The van der Waals surface area contributed by atoms with Gasteiger partial charge in [0.2, 0.25) is 5.88 Å². The molecule has 1 spiro atoms. The number of piperidine rings is 1. The third kappa shape index (κ3) is 5.30. The van der Waals surface area contributed by atoms with Crippen LogP contribution >= 0.6 is 0 Å². The SMILES string of the molecule is COc1cc(-c2ccc(C3CCc4ccc(C(C5CC5)[C@H](C)C(=O)O)cc4O3)c(CN3CCCCC34CC4)c2)ccn1. The number of aromatic nitrogens is 1. The second kappa shape index (κ2) is 11.0. The van der Waals surface area contributed by atoms with Crippen LogP contribution in [-0.2, 0) is 17.8 Å². The van der Waals surface area contributed by atoms with Crippen molar-refractivity contribution in [2.75, 3.05) is 13.7 Å². The second-order valence-electron chi connectivity index (χ2n) is 13.1. The Balaban J connectivity index is 1.21. The summed E-state index contributed by atoms with van der Waals surface area (Å²) in [5, 5.41) is 9.81. The van der Waals surface area contributed by atoms with Gasteiger partial charge >= 0.3 is 5.97 Å². The van der Waals surface area contributed by atoms with Crippen molar-refractivity contribution in [3.8, 4) is 22.8 Å². The number of aliphatic carboxylic acids is 1. The van der Waals surface area contributed by atoms with Crippen molar-refractivity contribution in [3.05, 3.63) is 77.0 Å². The van der Waals surface area contributed by atoms with Gasteiger partial charge in [-0.1, -0.05) is 37.6 Å². The minimum atomic E-state index is -0.717. The number of benzene rings is 2. The van der Waals surface area contributed by atoms with Crippen LogP contribution < -0.4 is 9.47 Å². The Bertz CT molecular complexity index is 1480. The fourth-order valence-corrected chi connectivity index (χ4v) is 7.64. The number of rotatable bonds is 9. The van der Waals surface area contributed by atoms with Crippen LogP contribution in [0.4, 0.5) is 0 Å². The molecule has 7 rings (SSSR count). The third-order valence-corrected chi connectivity index (χ3v) is 10.4. The van der Waals surface area contributed by atoms with E-state index >= 15 is 0 Å². The lowest BCUT2D eigenvalue weighted by Crippen LogP contribution is -2.41. The maximum Gasteiger partial charge on any atom is 0.306 e. The fourth-order valence-electron chi connectivity index (χ4n) is 7.64. The van der Waals surface area contributed by atoms with Gasteiger partial charge in [-0.3, -0.25) is 9.69 Å². The second-order valence-corrected chi connectivity index (χ2v) is 13.1. The van der Waals surface area contributed by atoms with Gasteiger partial charge in [0.15, 0.2) is 0 Å². The summed E-state index contributed by atoms with van der Waals surface area (Å²) in [6.45, 7) is 3.96. The van der Waals surface area contributed by atoms with E-state index in [1.807, 2.05) is 25.3 Å². The van der Waals surface area contributed by atoms with E-state index in [4.69, 9.17) is 9.47 Å². The van der Waals surface area contributed by atoms with E-state index in [0.717, 1.165) is 55.6 Å². The summed E-state index contributed by atoms with van der Waals surface area (Å²) in [5.41, 5.74) is 7.63. The van der Waals surface area contributed by atoms with Crippen LogP contribution in [-0.4, -0.2) is 40.2 Å². The lowest BCUT2D eigenvalue weighted by atomic mass is 9.82. The van der Waals surface area contributed by atoms with Crippen LogP contribution in [0.2, 0.25) is 0 Å². The van der Waals surface area contributed by atoms with Gasteiger partial charge in [0.25, 0.3) is 0 Å². The minimum absolute atomic E-state index is 0.0278. The number of hydrogen-bond acceptors (Lipinski definition) is 5. The van der Waals surface area contributed by atoms with Gasteiger partial charge in [0.05, 0.1) is 13.0 Å². The fraction of sp³-hybridized carbons (Fsp3) is 0.500. The van der Waals surface area contributed by atoms with E-state index in [2.05, 4.69) is 46.3 Å². The quantitative estimate of drug-likeness (QED) is 0.288. The van der Waals surface area contributed by atoms with Crippen molar-refractivity contribution < 1.29 is 19.4 Å². The van der Waals surface area contributed by atoms with Crippen molar-refractivity contribution in [2.45, 2.75) is 88.8 Å². The van der Waals surface area contributed by atoms with Gasteiger partial charge in [0.1, 0.15) is 11.9 Å². The smallest absolute Gasteiger partial charge is 0.306 e. The van der Waals surface area contributed by atoms with Gasteiger partial charge in [-0.2, -0.15) is 0 Å². The number of carboxylic acids is 1. The molecular weight excluding hydrogens is 524 g/mol. The van der Waals surface area contributed by atoms with Crippen molar-refractivity contribution in [1.29, 1.82) is 0 Å². The number of likely N-dealkylation sites (tertiary alicyclic amines) is 1. The molecule has 6 heteroatoms. The summed E-state index contributed by atoms with van der Waals surface area (Å²) >= 11 is 0. The Morgan fingerprint density at radius 1 is 1.07 bits per heavy atom. The highest BCUT2D eigenvalue weighted by Crippen LogP contribution is 2.50. The molecule has 3 heterocycles. The Morgan fingerprint density at radius 2 is 1.90 bits per heavy atom. The van der Waals surface area contributed by atoms with Crippen molar-refractivity contribution in [2.24, 2.45) is 11.8 Å². The van der Waals surface area contributed by atoms with Gasteiger partial charge in [-0.15, -0.1) is 0 Å². The summed E-state index contributed by atoms with van der Waals surface area (Å²) < 4.78 is 12.2. The van der Waals surface area contributed by atoms with Crippen molar-refractivity contribution in [1.82, 2.24) is 9.88 Å². The highest BCUT2D eigenvalue weighted by Gasteiger charge is 2.48. The third-order valence-electron chi connectivity index (χ3n) is 10.4. The maximum absolute atomic E-state index is 11.9. The predicted molar refractivity (Wildman–Crippen MR) is 163 cm³/mol. The highest BCUT2D eigenvalue weighted by molar-refractivity contribution is 5.71. The summed E-state index contributed by atoms with van der Waals surface area (Å²) in [6, 6.07) is 17.4. The molecule has 3 atom stereocenters. The first-order chi connectivity index (χ1) is 20.4. The van der Waals surface area contributed by atoms with E-state index in [-0.39, 0.29) is 12.0 Å². The number of fused-ring (bicyclic) bond motifs is 1. The van der Waals surface area contributed by atoms with Crippen LogP contribution in [0.5, 0.6) is 11.6 Å². The average Bonchev–Trinajstić information content (AvgIpc) is 3.96. The number of pyridine rings is 1. The number of carboxylic acid groups (broad SMARTS) is 1. The van der Waals surface area contributed by atoms with E-state index in [1.54, 1.807) is 7.11 Å². The Morgan fingerprint density at radius 3 is 2.67 bits per heavy atom. The number of nitrogens with zero attached hydrogens (tertiary/aromatic N) is 2. The number of methoxy groups -OCH3 is 1. The van der Waals surface area contributed by atoms with Crippen LogP contribution in [0.25, 0.3) is 11.1 Å². The minimum Gasteiger partial charge on any atom is -0.485 e. The zero-order valence-electron chi connectivity index (χ0n) is 24.9. The van der Waals surface area contributed by atoms with Crippen LogP contribution in [0.1, 0.15) is 92.6 Å². The molecule has 2 aromatic carbocycles. The molecule has 0 radical (unpaired) electrons. The molecule has 1 saturated heterocycles. The van der Waals surface area contributed by atoms with E-state index in [9.17, 15) is 9.90 Å². The van der Waals surface area contributed by atoms with Crippen LogP contribution in [0.15, 0.2) is 54.7 Å². The molecule has 4 aliphatic rings. The molecule has 2 saturated carbocycles. The van der Waals surface area contributed by atoms with Crippen LogP contribution in [0.3, 0.4) is 0 Å². The summed E-state index contributed by atoms with van der Waals surface area (Å²) in [4.78, 5) is 19.0. The standard InChI is InChI=1S/C36H42N2O4/c1-23(35(39)40)34(25-6-7-25)28-8-5-24-10-12-31(42-32(24)20-28)30-11-9-26(27-13-17-37-33(21-27)41-2)19-29(30)22-38-18-4-3-14-36(38)15-16-36/h5,8-9,11,13,17,19-21,23,25,31,34H,3-4,6-7,10,12,14-16,18,22H2,1-2H3,(H,39,40)/t23-,31?,34?/m0/s1. The molecule has 2 aliphatic carbocycles. The monoisotopic (exact) mass is 566 g/mol. The van der Waals surface area contributed by atoms with Gasteiger partial charge in [0, 0.05) is 24.3 Å². The summed E-state index contributed by atoms with van der Waals surface area (Å²) in [6.07, 6.45) is 12.5. The number of carbonyl (C=O) groups is 1. The van der Waals surface area contributed by atoms with Gasteiger partial charge in [-0.05, 0) is 121 Å². The topological polar surface area (TPSA) is 71.9 Å². The molecule has 3 aromatic rings. The van der Waals surface area contributed by atoms with Gasteiger partial charge < -0.3 is 14.6 Å². The zero-order valence-corrected chi connectivity index (χ0v) is 24.9. The van der Waals surface area contributed by atoms with Crippen LogP contribution in [0, 0.1) is 11.8 Å². The lowest BCUT2D eigenvalue weighted by molar-refractivity contribution is -0.142. The first-order valence-electron chi connectivity index (χ1n) is 15.8. The first-order valence-corrected chi connectivity index (χ1v) is 15.8. The number of ether oxygens (including phenoxy) is 2.